The van der Waals surface area contributed by atoms with Gasteiger partial charge in [-0.05, 0) is 30.2 Å². The van der Waals surface area contributed by atoms with Crippen LogP contribution in [0.2, 0.25) is 0 Å². The molecule has 0 aromatic heterocycles. The summed E-state index contributed by atoms with van der Waals surface area (Å²) >= 11 is 1.24. The number of carbonyl (C=O) groups excluding carboxylic acids is 2. The molecule has 0 fully saturated rings. The van der Waals surface area contributed by atoms with Crippen molar-refractivity contribution in [3.63, 3.8) is 0 Å². The van der Waals surface area contributed by atoms with Gasteiger partial charge in [-0.2, -0.15) is 0 Å². The summed E-state index contributed by atoms with van der Waals surface area (Å²) < 4.78 is 4.81. The van der Waals surface area contributed by atoms with Crippen molar-refractivity contribution in [2.75, 3.05) is 23.4 Å². The molecule has 0 atom stereocenters. The second kappa shape index (κ2) is 9.00. The topological polar surface area (TPSA) is 55.4 Å². The number of nitrogens with one attached hydrogen (secondary N) is 1. The van der Waals surface area contributed by atoms with Gasteiger partial charge in [0.15, 0.2) is 0 Å². The maximum absolute atomic E-state index is 11.8. The zero-order valence-electron chi connectivity index (χ0n) is 13.0. The number of hydrogen-bond donors (Lipinski definition) is 1. The molecule has 0 saturated carbocycles. The number of hydrogen-bond acceptors (Lipinski definition) is 4. The van der Waals surface area contributed by atoms with E-state index in [1.807, 2.05) is 54.6 Å². The highest BCUT2D eigenvalue weighted by atomic mass is 32.2. The van der Waals surface area contributed by atoms with Crippen LogP contribution in [0.25, 0.3) is 11.1 Å². The number of esters is 1. The van der Waals surface area contributed by atoms with Gasteiger partial charge >= 0.3 is 5.97 Å². The van der Waals surface area contributed by atoms with Gasteiger partial charge in [0.2, 0.25) is 5.91 Å². The van der Waals surface area contributed by atoms with Crippen molar-refractivity contribution >= 4 is 29.3 Å². The number of anilines is 1. The van der Waals surface area contributed by atoms with Crippen LogP contribution in [0, 0.1) is 0 Å². The maximum Gasteiger partial charge on any atom is 0.315 e. The highest BCUT2D eigenvalue weighted by Gasteiger charge is 2.06. The van der Waals surface area contributed by atoms with Gasteiger partial charge in [-0.1, -0.05) is 42.5 Å². The molecule has 0 aliphatic carbocycles. The van der Waals surface area contributed by atoms with E-state index >= 15 is 0 Å². The van der Waals surface area contributed by atoms with Crippen molar-refractivity contribution in [3.05, 3.63) is 54.6 Å². The molecule has 0 aliphatic rings. The van der Waals surface area contributed by atoms with Gasteiger partial charge in [-0.3, -0.25) is 9.59 Å². The van der Waals surface area contributed by atoms with E-state index in [1.165, 1.54) is 11.8 Å². The van der Waals surface area contributed by atoms with Gasteiger partial charge in [0.05, 0.1) is 18.1 Å². The monoisotopic (exact) mass is 329 g/mol. The lowest BCUT2D eigenvalue weighted by molar-refractivity contribution is -0.139. The van der Waals surface area contributed by atoms with Crippen LogP contribution in [0.4, 0.5) is 5.69 Å². The third-order valence-electron chi connectivity index (χ3n) is 3.03. The predicted molar refractivity (Wildman–Crippen MR) is 94.5 cm³/mol. The molecule has 1 N–H and O–H groups in total. The summed E-state index contributed by atoms with van der Waals surface area (Å²) in [6.45, 7) is 2.12. The Balaban J connectivity index is 1.81. The molecular formula is C18H19NO3S. The molecule has 0 unspecified atom stereocenters. The Bertz CT molecular complexity index is 641. The minimum Gasteiger partial charge on any atom is -0.465 e. The van der Waals surface area contributed by atoms with Crippen molar-refractivity contribution in [1.29, 1.82) is 0 Å². The van der Waals surface area contributed by atoms with Crippen LogP contribution in [0.3, 0.4) is 0 Å². The van der Waals surface area contributed by atoms with Crippen molar-refractivity contribution in [3.8, 4) is 11.1 Å². The smallest absolute Gasteiger partial charge is 0.315 e. The lowest BCUT2D eigenvalue weighted by Gasteiger charge is -2.07. The first-order valence-electron chi connectivity index (χ1n) is 7.37. The van der Waals surface area contributed by atoms with E-state index in [0.717, 1.165) is 16.8 Å². The Morgan fingerprint density at radius 3 is 2.26 bits per heavy atom. The number of rotatable bonds is 7. The summed E-state index contributed by atoms with van der Waals surface area (Å²) in [5, 5.41) is 2.81. The fourth-order valence-corrected chi connectivity index (χ4v) is 2.61. The maximum atomic E-state index is 11.8. The standard InChI is InChI=1S/C18H19NO3S/c1-2-22-18(21)13-23-12-17(20)19-16-10-8-15(9-11-16)14-6-4-3-5-7-14/h3-11H,2,12-13H2,1H3,(H,19,20). The molecule has 4 nitrogen and oxygen atoms in total. The Morgan fingerprint density at radius 2 is 1.61 bits per heavy atom. The minimum absolute atomic E-state index is 0.133. The van der Waals surface area contributed by atoms with Crippen molar-refractivity contribution < 1.29 is 14.3 Å². The van der Waals surface area contributed by atoms with E-state index in [2.05, 4.69) is 5.32 Å². The van der Waals surface area contributed by atoms with Gasteiger partial charge < -0.3 is 10.1 Å². The fraction of sp³-hybridized carbons (Fsp3) is 0.222. The fourth-order valence-electron chi connectivity index (χ4n) is 2.00. The number of amides is 1. The van der Waals surface area contributed by atoms with Crippen LogP contribution in [-0.2, 0) is 14.3 Å². The first-order chi connectivity index (χ1) is 11.2. The van der Waals surface area contributed by atoms with Gasteiger partial charge in [0, 0.05) is 5.69 Å². The van der Waals surface area contributed by atoms with Crippen molar-refractivity contribution in [2.24, 2.45) is 0 Å². The van der Waals surface area contributed by atoms with Crippen LogP contribution >= 0.6 is 11.8 Å². The number of carbonyl (C=O) groups is 2. The summed E-state index contributed by atoms with van der Waals surface area (Å²) in [7, 11) is 0. The van der Waals surface area contributed by atoms with Crippen molar-refractivity contribution in [1.82, 2.24) is 0 Å². The molecule has 23 heavy (non-hydrogen) atoms. The molecule has 0 heterocycles. The molecule has 0 saturated heterocycles. The van der Waals surface area contributed by atoms with E-state index < -0.39 is 0 Å². The highest BCUT2D eigenvalue weighted by Crippen LogP contribution is 2.21. The summed E-state index contributed by atoms with van der Waals surface area (Å²) in [5.74, 6) is -0.0164. The molecule has 5 heteroatoms. The normalized spacial score (nSPS) is 10.1. The van der Waals surface area contributed by atoms with E-state index in [1.54, 1.807) is 6.92 Å². The summed E-state index contributed by atoms with van der Waals surface area (Å²) in [4.78, 5) is 23.0. The third-order valence-corrected chi connectivity index (χ3v) is 3.94. The van der Waals surface area contributed by atoms with Crippen LogP contribution in [0.15, 0.2) is 54.6 Å². The number of benzene rings is 2. The average Bonchev–Trinajstić information content (AvgIpc) is 2.56. The van der Waals surface area contributed by atoms with E-state index in [0.29, 0.717) is 6.61 Å². The second-order valence-electron chi connectivity index (χ2n) is 4.79. The predicted octanol–water partition coefficient (Wildman–Crippen LogP) is 3.59. The third kappa shape index (κ3) is 5.79. The average molecular weight is 329 g/mol. The zero-order valence-corrected chi connectivity index (χ0v) is 13.8. The zero-order chi connectivity index (χ0) is 16.5. The van der Waals surface area contributed by atoms with Crippen LogP contribution in [0.1, 0.15) is 6.92 Å². The highest BCUT2D eigenvalue weighted by molar-refractivity contribution is 8.00. The van der Waals surface area contributed by atoms with Crippen LogP contribution < -0.4 is 5.32 Å². The summed E-state index contributed by atoms with van der Waals surface area (Å²) in [5.41, 5.74) is 2.97. The number of ether oxygens (including phenoxy) is 1. The number of thioether (sulfide) groups is 1. The molecule has 0 spiro atoms. The minimum atomic E-state index is -0.294. The van der Waals surface area contributed by atoms with Gasteiger partial charge in [-0.25, -0.2) is 0 Å². The first kappa shape index (κ1) is 17.1. The quantitative estimate of drug-likeness (QED) is 0.789. The molecule has 0 aliphatic heterocycles. The molecule has 2 aromatic rings. The Kier molecular flexibility index (Phi) is 6.69. The molecule has 120 valence electrons. The van der Waals surface area contributed by atoms with E-state index in [4.69, 9.17) is 4.74 Å². The summed E-state index contributed by atoms with van der Waals surface area (Å²) in [6.07, 6.45) is 0. The molecular weight excluding hydrogens is 310 g/mol. The Morgan fingerprint density at radius 1 is 0.957 bits per heavy atom. The Labute approximate surface area is 140 Å². The van der Waals surface area contributed by atoms with Gasteiger partial charge in [-0.15, -0.1) is 11.8 Å². The summed E-state index contributed by atoms with van der Waals surface area (Å²) in [6, 6.07) is 17.7. The van der Waals surface area contributed by atoms with E-state index in [-0.39, 0.29) is 23.4 Å². The first-order valence-corrected chi connectivity index (χ1v) is 8.53. The molecule has 0 radical (unpaired) electrons. The lowest BCUT2D eigenvalue weighted by Crippen LogP contribution is -2.16. The SMILES string of the molecule is CCOC(=O)CSCC(=O)Nc1ccc(-c2ccccc2)cc1. The molecule has 1 amide bonds. The van der Waals surface area contributed by atoms with Crippen LogP contribution in [-0.4, -0.2) is 30.0 Å². The van der Waals surface area contributed by atoms with Crippen molar-refractivity contribution in [2.45, 2.75) is 6.92 Å². The van der Waals surface area contributed by atoms with Gasteiger partial charge in [0.1, 0.15) is 0 Å². The largest absolute Gasteiger partial charge is 0.465 e. The van der Waals surface area contributed by atoms with Gasteiger partial charge in [0.25, 0.3) is 0 Å². The molecule has 0 bridgehead atoms. The Hall–Kier alpha value is -2.27. The van der Waals surface area contributed by atoms with Crippen LogP contribution in [0.5, 0.6) is 0 Å². The second-order valence-corrected chi connectivity index (χ2v) is 5.77. The molecule has 2 aromatic carbocycles. The van der Waals surface area contributed by atoms with E-state index in [9.17, 15) is 9.59 Å². The lowest BCUT2D eigenvalue weighted by atomic mass is 10.1. The molecule has 2 rings (SSSR count).